The highest BCUT2D eigenvalue weighted by Gasteiger charge is 2.46. The van der Waals surface area contributed by atoms with Crippen LogP contribution < -0.4 is 0 Å². The largest absolute Gasteiger partial charge is 0.507 e. The van der Waals surface area contributed by atoms with Crippen LogP contribution in [-0.4, -0.2) is 81.2 Å². The number of ketones is 1. The highest BCUT2D eigenvalue weighted by Crippen LogP contribution is 2.39. The van der Waals surface area contributed by atoms with Gasteiger partial charge in [0.1, 0.15) is 11.8 Å². The minimum atomic E-state index is -0.736. The average Bonchev–Trinajstić information content (AvgIpc) is 3.25. The molecule has 31 heavy (non-hydrogen) atoms. The Morgan fingerprint density at radius 1 is 1.23 bits per heavy atom. The van der Waals surface area contributed by atoms with E-state index in [1.165, 1.54) is 4.90 Å². The molecule has 0 saturated carbocycles. The second-order valence-corrected chi connectivity index (χ2v) is 7.86. The zero-order chi connectivity index (χ0) is 22.0. The Balaban J connectivity index is 1.67. The van der Waals surface area contributed by atoms with E-state index in [0.717, 1.165) is 19.6 Å². The van der Waals surface area contributed by atoms with Gasteiger partial charge < -0.3 is 14.7 Å². The van der Waals surface area contributed by atoms with E-state index in [4.69, 9.17) is 4.74 Å². The number of ether oxygens (including phenoxy) is 1. The van der Waals surface area contributed by atoms with Crippen LogP contribution in [0, 0.1) is 13.8 Å². The third kappa shape index (κ3) is 4.11. The summed E-state index contributed by atoms with van der Waals surface area (Å²) in [5.41, 5.74) is 2.25. The van der Waals surface area contributed by atoms with Gasteiger partial charge in [-0.2, -0.15) is 5.10 Å². The molecule has 2 aromatic heterocycles. The predicted molar refractivity (Wildman–Crippen MR) is 113 cm³/mol. The normalized spacial score (nSPS) is 21.7. The number of aromatic nitrogens is 3. The maximum absolute atomic E-state index is 13.0. The predicted octanol–water partition coefficient (Wildman–Crippen LogP) is 1.57. The van der Waals surface area contributed by atoms with Crippen LogP contribution in [0.15, 0.2) is 30.0 Å². The maximum atomic E-state index is 13.0. The molecule has 0 bridgehead atoms. The first-order valence-electron chi connectivity index (χ1n) is 10.5. The van der Waals surface area contributed by atoms with E-state index in [2.05, 4.69) is 20.1 Å². The summed E-state index contributed by atoms with van der Waals surface area (Å²) in [6, 6.07) is 4.62. The number of H-pyrrole nitrogens is 1. The molecule has 9 nitrogen and oxygen atoms in total. The zero-order valence-corrected chi connectivity index (χ0v) is 17.8. The summed E-state index contributed by atoms with van der Waals surface area (Å²) in [6.07, 6.45) is 2.33. The lowest BCUT2D eigenvalue weighted by Crippen LogP contribution is -2.39. The molecule has 0 radical (unpaired) electrons. The third-order valence-electron chi connectivity index (χ3n) is 5.85. The maximum Gasteiger partial charge on any atom is 0.295 e. The lowest BCUT2D eigenvalue weighted by atomic mass is 9.97. The molecule has 164 valence electrons. The molecule has 2 saturated heterocycles. The number of hydrogen-bond acceptors (Lipinski definition) is 7. The first-order chi connectivity index (χ1) is 15.0. The van der Waals surface area contributed by atoms with Gasteiger partial charge in [0, 0.05) is 38.1 Å². The van der Waals surface area contributed by atoms with Crippen molar-refractivity contribution in [3.63, 3.8) is 0 Å². The van der Waals surface area contributed by atoms with Gasteiger partial charge in [-0.1, -0.05) is 6.07 Å². The number of pyridine rings is 1. The molecular formula is C22H27N5O4. The Hall–Kier alpha value is -3.04. The van der Waals surface area contributed by atoms with E-state index in [1.807, 2.05) is 6.07 Å². The van der Waals surface area contributed by atoms with Crippen molar-refractivity contribution in [2.24, 2.45) is 0 Å². The van der Waals surface area contributed by atoms with Gasteiger partial charge in [0.05, 0.1) is 35.7 Å². The first kappa shape index (κ1) is 21.2. The number of aliphatic hydroxyl groups excluding tert-OH is 1. The van der Waals surface area contributed by atoms with Gasteiger partial charge in [-0.05, 0) is 32.4 Å². The van der Waals surface area contributed by atoms with Crippen molar-refractivity contribution in [1.82, 2.24) is 25.0 Å². The molecule has 0 aromatic carbocycles. The van der Waals surface area contributed by atoms with Gasteiger partial charge in [-0.25, -0.2) is 0 Å². The molecule has 2 N–H and O–H groups in total. The first-order valence-corrected chi connectivity index (χ1v) is 10.5. The second-order valence-electron chi connectivity index (χ2n) is 7.86. The fraction of sp³-hybridized carbons (Fsp3) is 0.455. The van der Waals surface area contributed by atoms with Crippen LogP contribution in [0.5, 0.6) is 0 Å². The van der Waals surface area contributed by atoms with Crippen LogP contribution in [0.3, 0.4) is 0 Å². The van der Waals surface area contributed by atoms with Gasteiger partial charge >= 0.3 is 0 Å². The van der Waals surface area contributed by atoms with Gasteiger partial charge in [-0.15, -0.1) is 0 Å². The van der Waals surface area contributed by atoms with Crippen molar-refractivity contribution in [1.29, 1.82) is 0 Å². The monoisotopic (exact) mass is 425 g/mol. The standard InChI is InChI=1S/C22H27N5O4/c1-14-17(15(2)25-24-14)20(28)18-19(16-6-3-4-7-23-16)27(22(30)21(18)29)9-5-8-26-10-12-31-13-11-26/h3-4,6-7,19,28H,5,8-13H2,1-2H3,(H,24,25). The summed E-state index contributed by atoms with van der Waals surface area (Å²) >= 11 is 0. The topological polar surface area (TPSA) is 112 Å². The molecule has 4 rings (SSSR count). The Morgan fingerprint density at radius 2 is 2.00 bits per heavy atom. The SMILES string of the molecule is Cc1n[nH]c(C)c1C(O)=C1C(=O)C(=O)N(CCCN2CCOCC2)C1c1ccccn1. The summed E-state index contributed by atoms with van der Waals surface area (Å²) in [5.74, 6) is -1.52. The third-order valence-corrected chi connectivity index (χ3v) is 5.85. The number of carbonyl (C=O) groups excluding carboxylic acids is 2. The minimum absolute atomic E-state index is 0.0580. The summed E-state index contributed by atoms with van der Waals surface area (Å²) in [5, 5.41) is 18.0. The molecule has 2 fully saturated rings. The lowest BCUT2D eigenvalue weighted by Gasteiger charge is -2.28. The highest BCUT2D eigenvalue weighted by molar-refractivity contribution is 6.46. The number of aromatic amines is 1. The van der Waals surface area contributed by atoms with Crippen molar-refractivity contribution in [2.75, 3.05) is 39.4 Å². The van der Waals surface area contributed by atoms with Crippen LogP contribution >= 0.6 is 0 Å². The van der Waals surface area contributed by atoms with E-state index >= 15 is 0 Å². The fourth-order valence-electron chi connectivity index (χ4n) is 4.28. The quantitative estimate of drug-likeness (QED) is 0.410. The van der Waals surface area contributed by atoms with E-state index < -0.39 is 17.7 Å². The molecule has 1 unspecified atom stereocenters. The number of aliphatic hydroxyl groups is 1. The average molecular weight is 425 g/mol. The van der Waals surface area contributed by atoms with E-state index in [1.54, 1.807) is 32.2 Å². The molecule has 0 spiro atoms. The van der Waals surface area contributed by atoms with Crippen LogP contribution in [0.1, 0.15) is 35.1 Å². The number of carbonyl (C=O) groups is 2. The summed E-state index contributed by atoms with van der Waals surface area (Å²) in [7, 11) is 0. The van der Waals surface area contributed by atoms with Crippen LogP contribution in [-0.2, 0) is 14.3 Å². The van der Waals surface area contributed by atoms with E-state index in [-0.39, 0.29) is 11.3 Å². The van der Waals surface area contributed by atoms with Crippen LogP contribution in [0.4, 0.5) is 0 Å². The number of nitrogens with one attached hydrogen (secondary N) is 1. The Kier molecular flexibility index (Phi) is 6.15. The van der Waals surface area contributed by atoms with Crippen molar-refractivity contribution in [2.45, 2.75) is 26.3 Å². The molecule has 1 amide bonds. The van der Waals surface area contributed by atoms with Crippen LogP contribution in [0.2, 0.25) is 0 Å². The number of nitrogens with zero attached hydrogens (tertiary/aromatic N) is 4. The zero-order valence-electron chi connectivity index (χ0n) is 17.8. The summed E-state index contributed by atoms with van der Waals surface area (Å²) in [6.45, 7) is 7.85. The molecule has 2 aliphatic rings. The van der Waals surface area contributed by atoms with Crippen molar-refractivity contribution >= 4 is 17.4 Å². The van der Waals surface area contributed by atoms with Gasteiger partial charge in [0.25, 0.3) is 11.7 Å². The Bertz CT molecular complexity index is 975. The molecule has 2 aliphatic heterocycles. The van der Waals surface area contributed by atoms with E-state index in [0.29, 0.717) is 48.8 Å². The molecule has 1 atom stereocenters. The number of aryl methyl sites for hydroxylation is 2. The number of amides is 1. The minimum Gasteiger partial charge on any atom is -0.507 e. The van der Waals surface area contributed by atoms with Crippen molar-refractivity contribution in [3.8, 4) is 0 Å². The second kappa shape index (κ2) is 8.99. The fourth-order valence-corrected chi connectivity index (χ4v) is 4.28. The number of rotatable bonds is 6. The van der Waals surface area contributed by atoms with Gasteiger partial charge in [0.15, 0.2) is 0 Å². The summed E-state index contributed by atoms with van der Waals surface area (Å²) < 4.78 is 5.38. The molecule has 9 heteroatoms. The van der Waals surface area contributed by atoms with Gasteiger partial charge in [0.2, 0.25) is 0 Å². The number of Topliss-reactive ketones (excluding diaryl/α,β-unsaturated/α-hetero) is 1. The smallest absolute Gasteiger partial charge is 0.295 e. The Morgan fingerprint density at radius 3 is 2.65 bits per heavy atom. The molecular weight excluding hydrogens is 398 g/mol. The van der Waals surface area contributed by atoms with Crippen LogP contribution in [0.25, 0.3) is 5.76 Å². The summed E-state index contributed by atoms with van der Waals surface area (Å²) in [4.78, 5) is 34.2. The number of morpholine rings is 1. The van der Waals surface area contributed by atoms with Crippen molar-refractivity contribution < 1.29 is 19.4 Å². The number of likely N-dealkylation sites (tertiary alicyclic amines) is 1. The number of hydrogen-bond donors (Lipinski definition) is 2. The van der Waals surface area contributed by atoms with Crippen molar-refractivity contribution in [3.05, 3.63) is 52.6 Å². The van der Waals surface area contributed by atoms with E-state index in [9.17, 15) is 14.7 Å². The molecule has 4 heterocycles. The molecule has 2 aromatic rings. The lowest BCUT2D eigenvalue weighted by molar-refractivity contribution is -0.140. The van der Waals surface area contributed by atoms with Gasteiger partial charge in [-0.3, -0.25) is 24.6 Å². The Labute approximate surface area is 180 Å². The highest BCUT2D eigenvalue weighted by atomic mass is 16.5. The molecule has 0 aliphatic carbocycles.